The molecule has 0 radical (unpaired) electrons. The van der Waals surface area contributed by atoms with Gasteiger partial charge in [-0.2, -0.15) is 0 Å². The Morgan fingerprint density at radius 3 is 2.45 bits per heavy atom. The van der Waals surface area contributed by atoms with Gasteiger partial charge in [0.15, 0.2) is 0 Å². The molecule has 2 amide bonds. The smallest absolute Gasteiger partial charge is 0.313 e. The summed E-state index contributed by atoms with van der Waals surface area (Å²) in [5, 5.41) is 11.3. The molecule has 2 aromatic rings. The van der Waals surface area contributed by atoms with Crippen molar-refractivity contribution in [3.8, 4) is 11.1 Å². The summed E-state index contributed by atoms with van der Waals surface area (Å²) in [6.07, 6.45) is 4.54. The molecular weight excluding hydrogens is 497 g/mol. The van der Waals surface area contributed by atoms with E-state index in [0.717, 1.165) is 5.71 Å². The van der Waals surface area contributed by atoms with Crippen molar-refractivity contribution < 1.29 is 28.3 Å². The van der Waals surface area contributed by atoms with Gasteiger partial charge in [-0.1, -0.05) is 23.4 Å². The summed E-state index contributed by atoms with van der Waals surface area (Å²) in [5.41, 5.74) is 6.99. The first-order valence-corrected chi connectivity index (χ1v) is 12.2. The maximum atomic E-state index is 15.0. The van der Waals surface area contributed by atoms with E-state index in [9.17, 15) is 14.4 Å². The number of imide groups is 1. The first-order chi connectivity index (χ1) is 18.3. The molecule has 200 valence electrons. The van der Waals surface area contributed by atoms with Crippen LogP contribution in [0.4, 0.5) is 10.3 Å². The molecule has 2 aliphatic heterocycles. The molecule has 0 unspecified atom stereocenters. The van der Waals surface area contributed by atoms with Crippen molar-refractivity contribution in [1.82, 2.24) is 14.9 Å². The lowest BCUT2D eigenvalue weighted by molar-refractivity contribution is -0.143. The second-order valence-electron chi connectivity index (χ2n) is 8.83. The fourth-order valence-electron chi connectivity index (χ4n) is 4.10. The minimum Gasteiger partial charge on any atom is -0.460 e. The van der Waals surface area contributed by atoms with Gasteiger partial charge >= 0.3 is 5.97 Å². The Morgan fingerprint density at radius 2 is 1.79 bits per heavy atom. The van der Waals surface area contributed by atoms with Gasteiger partial charge in [0, 0.05) is 67.9 Å². The van der Waals surface area contributed by atoms with Gasteiger partial charge in [0.05, 0.1) is 12.3 Å². The summed E-state index contributed by atoms with van der Waals surface area (Å²) in [6.45, 7) is 1.34. The number of nitrogens with two attached hydrogens (primary N) is 1. The summed E-state index contributed by atoms with van der Waals surface area (Å²) in [5.74, 6) is -1.41. The van der Waals surface area contributed by atoms with E-state index in [2.05, 4.69) is 15.1 Å². The predicted molar refractivity (Wildman–Crippen MR) is 135 cm³/mol. The zero-order chi connectivity index (χ0) is 27.1. The Bertz CT molecular complexity index is 1230. The van der Waals surface area contributed by atoms with Crippen molar-refractivity contribution in [2.45, 2.75) is 38.7 Å². The fraction of sp³-hybridized carbons (Fsp3) is 0.400. The van der Waals surface area contributed by atoms with Gasteiger partial charge < -0.3 is 20.2 Å². The molecule has 2 fully saturated rings. The molecule has 4 rings (SSSR count). The number of amidine groups is 1. The van der Waals surface area contributed by atoms with Gasteiger partial charge in [-0.05, 0) is 0 Å². The van der Waals surface area contributed by atoms with Crippen LogP contribution in [0.3, 0.4) is 0 Å². The number of anilines is 1. The maximum Gasteiger partial charge on any atom is 0.313 e. The standard InChI is InChI=1S/C25H28FN7O5/c26-24-16(15-37-23(36)12-20(27)28)2-1-3-19(24)17-13-29-25(30-14-17)32-8-6-18(7-9-32)31-38-11-10-33-21(34)4-5-22(33)35/h1-3,13-14H,4-12,15H2,(H3,27,28). The third-order valence-electron chi connectivity index (χ3n) is 6.13. The molecular formula is C25H28FN7O5. The number of aromatic nitrogens is 2. The highest BCUT2D eigenvalue weighted by molar-refractivity contribution is 6.01. The SMILES string of the molecule is N=C(N)CC(=O)OCc1cccc(-c2cnc(N3CCC(=NOCCN4C(=O)CCC4=O)CC3)nc2)c1F. The largest absolute Gasteiger partial charge is 0.460 e. The minimum atomic E-state index is -0.702. The highest BCUT2D eigenvalue weighted by atomic mass is 19.1. The Kier molecular flexibility index (Phi) is 8.56. The molecule has 13 heteroatoms. The number of carbonyl (C=O) groups is 3. The van der Waals surface area contributed by atoms with Crippen molar-refractivity contribution in [2.24, 2.45) is 10.9 Å². The first kappa shape index (κ1) is 26.6. The topological polar surface area (TPSA) is 164 Å². The van der Waals surface area contributed by atoms with Gasteiger partial charge in [0.25, 0.3) is 0 Å². The van der Waals surface area contributed by atoms with Gasteiger partial charge in [-0.3, -0.25) is 24.7 Å². The van der Waals surface area contributed by atoms with Gasteiger partial charge in [0.1, 0.15) is 31.3 Å². The van der Waals surface area contributed by atoms with Gasteiger partial charge in [-0.25, -0.2) is 14.4 Å². The Morgan fingerprint density at radius 1 is 1.11 bits per heavy atom. The highest BCUT2D eigenvalue weighted by Crippen LogP contribution is 2.26. The number of piperidine rings is 1. The number of likely N-dealkylation sites (tertiary alicyclic amines) is 1. The Labute approximate surface area is 218 Å². The number of oxime groups is 1. The molecule has 12 nitrogen and oxygen atoms in total. The van der Waals surface area contributed by atoms with E-state index in [4.69, 9.17) is 20.7 Å². The van der Waals surface area contributed by atoms with Crippen molar-refractivity contribution in [3.63, 3.8) is 0 Å². The van der Waals surface area contributed by atoms with Crippen LogP contribution < -0.4 is 10.6 Å². The third kappa shape index (κ3) is 6.66. The number of rotatable bonds is 10. The number of ether oxygens (including phenoxy) is 1. The number of esters is 1. The molecule has 2 saturated heterocycles. The van der Waals surface area contributed by atoms with E-state index in [0.29, 0.717) is 37.4 Å². The number of hydrogen-bond acceptors (Lipinski definition) is 10. The number of carbonyl (C=O) groups excluding carboxylic acids is 3. The molecule has 3 N–H and O–H groups in total. The quantitative estimate of drug-likeness (QED) is 0.117. The lowest BCUT2D eigenvalue weighted by Crippen LogP contribution is -2.35. The van der Waals surface area contributed by atoms with E-state index >= 15 is 4.39 Å². The van der Waals surface area contributed by atoms with E-state index in [1.54, 1.807) is 24.5 Å². The van der Waals surface area contributed by atoms with Crippen LogP contribution in [0.25, 0.3) is 11.1 Å². The van der Waals surface area contributed by atoms with Crippen molar-refractivity contribution >= 4 is 35.3 Å². The van der Waals surface area contributed by atoms with Crippen LogP contribution in [0, 0.1) is 11.2 Å². The normalized spacial score (nSPS) is 15.6. The van der Waals surface area contributed by atoms with Crippen molar-refractivity contribution in [3.05, 3.63) is 42.0 Å². The molecule has 1 aromatic heterocycles. The van der Waals surface area contributed by atoms with E-state index in [1.807, 2.05) is 4.90 Å². The number of halogens is 1. The molecule has 0 spiro atoms. The summed E-state index contributed by atoms with van der Waals surface area (Å²) < 4.78 is 20.0. The van der Waals surface area contributed by atoms with E-state index < -0.39 is 11.8 Å². The molecule has 2 aliphatic rings. The summed E-state index contributed by atoms with van der Waals surface area (Å²) in [6, 6.07) is 4.75. The monoisotopic (exact) mass is 525 g/mol. The lowest BCUT2D eigenvalue weighted by atomic mass is 10.0. The average molecular weight is 526 g/mol. The molecule has 0 atom stereocenters. The number of hydrogen-bond donors (Lipinski definition) is 2. The summed E-state index contributed by atoms with van der Waals surface area (Å²) in [7, 11) is 0. The zero-order valence-corrected chi connectivity index (χ0v) is 20.7. The van der Waals surface area contributed by atoms with Crippen LogP contribution in [0.15, 0.2) is 35.7 Å². The maximum absolute atomic E-state index is 15.0. The van der Waals surface area contributed by atoms with Gasteiger partial charge in [-0.15, -0.1) is 0 Å². The second kappa shape index (κ2) is 12.2. The van der Waals surface area contributed by atoms with Crippen molar-refractivity contribution in [2.75, 3.05) is 31.1 Å². The molecule has 1 aromatic carbocycles. The summed E-state index contributed by atoms with van der Waals surface area (Å²) in [4.78, 5) is 52.2. The molecule has 0 aliphatic carbocycles. The van der Waals surface area contributed by atoms with Crippen molar-refractivity contribution in [1.29, 1.82) is 5.41 Å². The average Bonchev–Trinajstić information content (AvgIpc) is 3.23. The van der Waals surface area contributed by atoms with Crippen LogP contribution in [0.2, 0.25) is 0 Å². The predicted octanol–water partition coefficient (Wildman–Crippen LogP) is 1.77. The number of nitrogens with zero attached hydrogens (tertiary/aromatic N) is 5. The van der Waals surface area contributed by atoms with Crippen LogP contribution in [-0.2, 0) is 30.6 Å². The Balaban J connectivity index is 1.28. The first-order valence-electron chi connectivity index (χ1n) is 12.2. The van der Waals surface area contributed by atoms with Crippen LogP contribution >= 0.6 is 0 Å². The van der Waals surface area contributed by atoms with E-state index in [1.165, 1.54) is 11.0 Å². The van der Waals surface area contributed by atoms with Crippen LogP contribution in [0.1, 0.15) is 37.7 Å². The fourth-order valence-corrected chi connectivity index (χ4v) is 4.10. The molecule has 3 heterocycles. The molecule has 38 heavy (non-hydrogen) atoms. The van der Waals surface area contributed by atoms with E-state index in [-0.39, 0.29) is 67.8 Å². The second-order valence-corrected chi connectivity index (χ2v) is 8.83. The number of benzene rings is 1. The minimum absolute atomic E-state index is 0.161. The summed E-state index contributed by atoms with van der Waals surface area (Å²) >= 11 is 0. The highest BCUT2D eigenvalue weighted by Gasteiger charge is 2.28. The van der Waals surface area contributed by atoms with Gasteiger partial charge in [0.2, 0.25) is 17.8 Å². The molecule has 0 bridgehead atoms. The lowest BCUT2D eigenvalue weighted by Gasteiger charge is -2.27. The zero-order valence-electron chi connectivity index (χ0n) is 20.7. The number of amides is 2. The number of nitrogens with one attached hydrogen (secondary N) is 1. The van der Waals surface area contributed by atoms with Crippen LogP contribution in [-0.4, -0.2) is 70.4 Å². The third-order valence-corrected chi connectivity index (χ3v) is 6.13. The molecule has 0 saturated carbocycles. The van der Waals surface area contributed by atoms with Crippen LogP contribution in [0.5, 0.6) is 0 Å². The Hall–Kier alpha value is -4.42.